The van der Waals surface area contributed by atoms with E-state index in [0.717, 1.165) is 25.9 Å². The zero-order chi connectivity index (χ0) is 13.0. The molecule has 5 nitrogen and oxygen atoms in total. The van der Waals surface area contributed by atoms with Gasteiger partial charge in [-0.05, 0) is 36.9 Å². The predicted molar refractivity (Wildman–Crippen MR) is 70.3 cm³/mol. The predicted octanol–water partition coefficient (Wildman–Crippen LogP) is 1.43. The molecule has 98 valence electrons. The van der Waals surface area contributed by atoms with Crippen molar-refractivity contribution in [2.45, 2.75) is 25.8 Å². The van der Waals surface area contributed by atoms with Crippen LogP contribution in [0.4, 0.5) is 0 Å². The number of oxime groups is 1. The minimum atomic E-state index is 0.216. The fourth-order valence-electron chi connectivity index (χ4n) is 2.42. The number of hydrogen-bond acceptors (Lipinski definition) is 4. The van der Waals surface area contributed by atoms with Gasteiger partial charge in [0.25, 0.3) is 0 Å². The number of nitrogens with two attached hydrogens (primary N) is 1. The lowest BCUT2D eigenvalue weighted by Crippen LogP contribution is -2.29. The molecule has 5 heteroatoms. The Morgan fingerprint density at radius 1 is 1.61 bits per heavy atom. The van der Waals surface area contributed by atoms with Crippen molar-refractivity contribution in [1.82, 2.24) is 9.88 Å². The molecule has 18 heavy (non-hydrogen) atoms. The molecule has 0 amide bonds. The van der Waals surface area contributed by atoms with Crippen molar-refractivity contribution in [2.24, 2.45) is 16.3 Å². The van der Waals surface area contributed by atoms with Gasteiger partial charge in [0.2, 0.25) is 0 Å². The summed E-state index contributed by atoms with van der Waals surface area (Å²) in [6.45, 7) is 1.85. The van der Waals surface area contributed by atoms with Gasteiger partial charge in [0.05, 0.1) is 0 Å². The summed E-state index contributed by atoms with van der Waals surface area (Å²) in [7, 11) is 2.10. The third kappa shape index (κ3) is 3.43. The summed E-state index contributed by atoms with van der Waals surface area (Å²) < 4.78 is 0. The van der Waals surface area contributed by atoms with E-state index in [-0.39, 0.29) is 5.41 Å². The SMILES string of the molecule is CN(Cc1cccnc1)CC1(CC(N)=NO)CC1. The van der Waals surface area contributed by atoms with Crippen LogP contribution < -0.4 is 5.73 Å². The number of pyridine rings is 1. The molecule has 0 unspecified atom stereocenters. The van der Waals surface area contributed by atoms with E-state index in [1.165, 1.54) is 5.56 Å². The van der Waals surface area contributed by atoms with Crippen LogP contribution in [-0.2, 0) is 6.54 Å². The third-order valence-corrected chi connectivity index (χ3v) is 3.42. The van der Waals surface area contributed by atoms with Crippen LogP contribution in [-0.4, -0.2) is 34.5 Å². The minimum Gasteiger partial charge on any atom is -0.409 e. The molecule has 1 saturated carbocycles. The number of rotatable bonds is 6. The fourth-order valence-corrected chi connectivity index (χ4v) is 2.42. The highest BCUT2D eigenvalue weighted by molar-refractivity contribution is 5.80. The van der Waals surface area contributed by atoms with E-state index >= 15 is 0 Å². The fraction of sp³-hybridized carbons (Fsp3) is 0.538. The summed E-state index contributed by atoms with van der Waals surface area (Å²) in [5, 5.41) is 11.7. The number of hydrogen-bond donors (Lipinski definition) is 2. The van der Waals surface area contributed by atoms with Gasteiger partial charge in [-0.2, -0.15) is 0 Å². The summed E-state index contributed by atoms with van der Waals surface area (Å²) in [5.41, 5.74) is 7.02. The molecule has 0 radical (unpaired) electrons. The molecular weight excluding hydrogens is 228 g/mol. The molecule has 1 aliphatic carbocycles. The van der Waals surface area contributed by atoms with Crippen molar-refractivity contribution >= 4 is 5.84 Å². The molecule has 0 aromatic carbocycles. The van der Waals surface area contributed by atoms with Gasteiger partial charge < -0.3 is 15.8 Å². The molecular formula is C13H20N4O. The van der Waals surface area contributed by atoms with E-state index in [4.69, 9.17) is 10.9 Å². The van der Waals surface area contributed by atoms with Crippen molar-refractivity contribution in [2.75, 3.05) is 13.6 Å². The molecule has 1 aliphatic rings. The standard InChI is InChI=1S/C13H20N4O/c1-17(9-11-3-2-6-15-8-11)10-13(4-5-13)7-12(14)16-18/h2-3,6,8,18H,4-5,7,9-10H2,1H3,(H2,14,16). The highest BCUT2D eigenvalue weighted by atomic mass is 16.4. The van der Waals surface area contributed by atoms with Gasteiger partial charge in [-0.3, -0.25) is 4.98 Å². The Morgan fingerprint density at radius 2 is 2.39 bits per heavy atom. The average molecular weight is 248 g/mol. The topological polar surface area (TPSA) is 74.7 Å². The Balaban J connectivity index is 1.86. The third-order valence-electron chi connectivity index (χ3n) is 3.42. The van der Waals surface area contributed by atoms with Crippen LogP contribution in [0.1, 0.15) is 24.8 Å². The molecule has 0 aliphatic heterocycles. The molecule has 2 rings (SSSR count). The van der Waals surface area contributed by atoms with Gasteiger partial charge in [-0.25, -0.2) is 0 Å². The van der Waals surface area contributed by atoms with Gasteiger partial charge in [0.15, 0.2) is 0 Å². The first-order chi connectivity index (χ1) is 8.63. The van der Waals surface area contributed by atoms with E-state index in [9.17, 15) is 0 Å². The van der Waals surface area contributed by atoms with Crippen LogP contribution in [0.25, 0.3) is 0 Å². The van der Waals surface area contributed by atoms with E-state index in [0.29, 0.717) is 12.3 Å². The zero-order valence-corrected chi connectivity index (χ0v) is 10.7. The molecule has 1 heterocycles. The molecule has 1 fully saturated rings. The van der Waals surface area contributed by atoms with E-state index in [1.807, 2.05) is 12.3 Å². The highest BCUT2D eigenvalue weighted by Gasteiger charge is 2.43. The highest BCUT2D eigenvalue weighted by Crippen LogP contribution is 2.49. The maximum atomic E-state index is 8.64. The zero-order valence-electron chi connectivity index (χ0n) is 10.7. The van der Waals surface area contributed by atoms with Gasteiger partial charge in [-0.15, -0.1) is 0 Å². The van der Waals surface area contributed by atoms with Crippen molar-refractivity contribution in [1.29, 1.82) is 0 Å². The summed E-state index contributed by atoms with van der Waals surface area (Å²) >= 11 is 0. The Kier molecular flexibility index (Phi) is 3.81. The molecule has 0 atom stereocenters. The molecule has 0 spiro atoms. The maximum absolute atomic E-state index is 8.64. The van der Waals surface area contributed by atoms with Gasteiger partial charge >= 0.3 is 0 Å². The molecule has 1 aromatic rings. The van der Waals surface area contributed by atoms with E-state index < -0.39 is 0 Å². The Bertz CT molecular complexity index is 414. The summed E-state index contributed by atoms with van der Waals surface area (Å²) in [4.78, 5) is 6.39. The first-order valence-corrected chi connectivity index (χ1v) is 6.17. The monoisotopic (exact) mass is 248 g/mol. The quantitative estimate of drug-likeness (QED) is 0.345. The second kappa shape index (κ2) is 5.35. The lowest BCUT2D eigenvalue weighted by Gasteiger charge is -2.23. The van der Waals surface area contributed by atoms with Gasteiger partial charge in [0, 0.05) is 31.9 Å². The van der Waals surface area contributed by atoms with Crippen LogP contribution in [0.15, 0.2) is 29.7 Å². The Hall–Kier alpha value is -1.62. The van der Waals surface area contributed by atoms with Gasteiger partial charge in [0.1, 0.15) is 5.84 Å². The van der Waals surface area contributed by atoms with Crippen LogP contribution in [0, 0.1) is 5.41 Å². The van der Waals surface area contributed by atoms with Crippen LogP contribution in [0.5, 0.6) is 0 Å². The minimum absolute atomic E-state index is 0.216. The number of amidine groups is 1. The Labute approximate surface area is 107 Å². The van der Waals surface area contributed by atoms with Gasteiger partial charge in [-0.1, -0.05) is 11.2 Å². The second-order valence-electron chi connectivity index (χ2n) is 5.30. The second-order valence-corrected chi connectivity index (χ2v) is 5.30. The lowest BCUT2D eigenvalue weighted by atomic mass is 10.0. The van der Waals surface area contributed by atoms with E-state index in [2.05, 4.69) is 28.2 Å². The van der Waals surface area contributed by atoms with Crippen LogP contribution in [0.2, 0.25) is 0 Å². The number of nitrogens with zero attached hydrogens (tertiary/aromatic N) is 3. The van der Waals surface area contributed by atoms with Crippen molar-refractivity contribution in [3.05, 3.63) is 30.1 Å². The van der Waals surface area contributed by atoms with E-state index in [1.54, 1.807) is 6.20 Å². The normalized spacial score (nSPS) is 18.0. The van der Waals surface area contributed by atoms with Crippen LogP contribution >= 0.6 is 0 Å². The molecule has 1 aromatic heterocycles. The lowest BCUT2D eigenvalue weighted by molar-refractivity contribution is 0.256. The molecule has 0 bridgehead atoms. The first kappa shape index (κ1) is 12.8. The van der Waals surface area contributed by atoms with Crippen molar-refractivity contribution in [3.8, 4) is 0 Å². The van der Waals surface area contributed by atoms with Crippen molar-refractivity contribution < 1.29 is 5.21 Å². The van der Waals surface area contributed by atoms with Crippen LogP contribution in [0.3, 0.4) is 0 Å². The Morgan fingerprint density at radius 3 is 2.94 bits per heavy atom. The maximum Gasteiger partial charge on any atom is 0.139 e. The molecule has 3 N–H and O–H groups in total. The summed E-state index contributed by atoms with van der Waals surface area (Å²) in [5.74, 6) is 0.335. The largest absolute Gasteiger partial charge is 0.409 e. The average Bonchev–Trinajstić information content (AvgIpc) is 3.09. The van der Waals surface area contributed by atoms with Crippen molar-refractivity contribution in [3.63, 3.8) is 0 Å². The summed E-state index contributed by atoms with van der Waals surface area (Å²) in [6, 6.07) is 4.03. The first-order valence-electron chi connectivity index (χ1n) is 6.17. The summed E-state index contributed by atoms with van der Waals surface area (Å²) in [6.07, 6.45) is 6.66. The smallest absolute Gasteiger partial charge is 0.139 e. The number of aromatic nitrogens is 1. The molecule has 0 saturated heterocycles.